The summed E-state index contributed by atoms with van der Waals surface area (Å²) in [7, 11) is 1.85. The second kappa shape index (κ2) is 5.33. The van der Waals surface area contributed by atoms with E-state index >= 15 is 0 Å². The number of nitrogens with zero attached hydrogens (tertiary/aromatic N) is 2. The lowest BCUT2D eigenvalue weighted by molar-refractivity contribution is 0.478. The third-order valence-corrected chi connectivity index (χ3v) is 2.96. The van der Waals surface area contributed by atoms with E-state index in [4.69, 9.17) is 10.5 Å². The van der Waals surface area contributed by atoms with Crippen molar-refractivity contribution in [3.8, 4) is 11.5 Å². The standard InChI is InChI=1S/C12H14BrN3O/c1-16-8-10(7-15-16)17-12-3-2-9(4-5-14)6-11(12)13/h2-3,6-8H,4-5,14H2,1H3. The minimum absolute atomic E-state index is 0.648. The molecule has 2 aromatic rings. The first-order valence-corrected chi connectivity index (χ1v) is 6.13. The number of hydrogen-bond acceptors (Lipinski definition) is 3. The third kappa shape index (κ3) is 3.08. The molecule has 0 atom stereocenters. The lowest BCUT2D eigenvalue weighted by atomic mass is 10.1. The molecule has 0 amide bonds. The monoisotopic (exact) mass is 295 g/mol. The van der Waals surface area contributed by atoms with Crippen LogP contribution in [0.2, 0.25) is 0 Å². The molecule has 4 nitrogen and oxygen atoms in total. The quantitative estimate of drug-likeness (QED) is 0.943. The molecule has 17 heavy (non-hydrogen) atoms. The summed E-state index contributed by atoms with van der Waals surface area (Å²) in [5.41, 5.74) is 6.71. The summed E-state index contributed by atoms with van der Waals surface area (Å²) in [5.74, 6) is 1.50. The minimum Gasteiger partial charge on any atom is -0.453 e. The van der Waals surface area contributed by atoms with E-state index in [0.29, 0.717) is 6.54 Å². The maximum absolute atomic E-state index is 5.70. The van der Waals surface area contributed by atoms with Gasteiger partial charge in [0, 0.05) is 7.05 Å². The molecule has 0 aliphatic rings. The molecular weight excluding hydrogens is 282 g/mol. The molecule has 0 bridgehead atoms. The van der Waals surface area contributed by atoms with Crippen LogP contribution in [0.3, 0.4) is 0 Å². The van der Waals surface area contributed by atoms with Crippen molar-refractivity contribution in [3.05, 3.63) is 40.6 Å². The van der Waals surface area contributed by atoms with E-state index in [1.807, 2.05) is 31.4 Å². The Balaban J connectivity index is 2.16. The predicted molar refractivity (Wildman–Crippen MR) is 70.2 cm³/mol. The fraction of sp³-hybridized carbons (Fsp3) is 0.250. The molecular formula is C12H14BrN3O. The van der Waals surface area contributed by atoms with Gasteiger partial charge < -0.3 is 10.5 Å². The Morgan fingerprint density at radius 3 is 2.88 bits per heavy atom. The number of aryl methyl sites for hydroxylation is 1. The summed E-state index contributed by atoms with van der Waals surface area (Å²) in [5, 5.41) is 4.05. The molecule has 0 aliphatic carbocycles. The van der Waals surface area contributed by atoms with Gasteiger partial charge in [-0.1, -0.05) is 6.07 Å². The van der Waals surface area contributed by atoms with Gasteiger partial charge >= 0.3 is 0 Å². The smallest absolute Gasteiger partial charge is 0.165 e. The molecule has 90 valence electrons. The summed E-state index contributed by atoms with van der Waals surface area (Å²) in [4.78, 5) is 0. The Morgan fingerprint density at radius 2 is 2.29 bits per heavy atom. The van der Waals surface area contributed by atoms with E-state index in [-0.39, 0.29) is 0 Å². The van der Waals surface area contributed by atoms with Gasteiger partial charge in [0.25, 0.3) is 0 Å². The molecule has 1 aromatic heterocycles. The molecule has 2 rings (SSSR count). The number of hydrogen-bond donors (Lipinski definition) is 1. The second-order valence-electron chi connectivity index (χ2n) is 3.76. The van der Waals surface area contributed by atoms with Crippen molar-refractivity contribution in [2.45, 2.75) is 6.42 Å². The highest BCUT2D eigenvalue weighted by atomic mass is 79.9. The molecule has 1 heterocycles. The summed E-state index contributed by atoms with van der Waals surface area (Å²) in [6.07, 6.45) is 4.37. The lowest BCUT2D eigenvalue weighted by Gasteiger charge is -2.07. The van der Waals surface area contributed by atoms with Crippen LogP contribution in [0.5, 0.6) is 11.5 Å². The highest BCUT2D eigenvalue weighted by Gasteiger charge is 2.05. The van der Waals surface area contributed by atoms with Gasteiger partial charge in [-0.05, 0) is 46.6 Å². The summed E-state index contributed by atoms with van der Waals surface area (Å²) >= 11 is 3.49. The van der Waals surface area contributed by atoms with Gasteiger partial charge in [-0.3, -0.25) is 4.68 Å². The van der Waals surface area contributed by atoms with E-state index in [1.54, 1.807) is 10.9 Å². The number of rotatable bonds is 4. The second-order valence-corrected chi connectivity index (χ2v) is 4.61. The van der Waals surface area contributed by atoms with Crippen LogP contribution in [0.25, 0.3) is 0 Å². The van der Waals surface area contributed by atoms with Gasteiger partial charge in [0.15, 0.2) is 5.75 Å². The van der Waals surface area contributed by atoms with Crippen molar-refractivity contribution in [1.29, 1.82) is 0 Å². The topological polar surface area (TPSA) is 53.1 Å². The zero-order chi connectivity index (χ0) is 12.3. The number of nitrogens with two attached hydrogens (primary N) is 1. The third-order valence-electron chi connectivity index (χ3n) is 2.34. The molecule has 2 N–H and O–H groups in total. The highest BCUT2D eigenvalue weighted by molar-refractivity contribution is 9.10. The first kappa shape index (κ1) is 12.1. The van der Waals surface area contributed by atoms with Gasteiger partial charge in [0.05, 0.1) is 16.9 Å². The van der Waals surface area contributed by atoms with E-state index in [0.717, 1.165) is 22.4 Å². The molecule has 1 aromatic carbocycles. The SMILES string of the molecule is Cn1cc(Oc2ccc(CCN)cc2Br)cn1. The zero-order valence-electron chi connectivity index (χ0n) is 9.56. The molecule has 0 unspecified atom stereocenters. The Hall–Kier alpha value is -1.33. The summed E-state index contributed by atoms with van der Waals surface area (Å²) < 4.78 is 8.33. The average molecular weight is 296 g/mol. The van der Waals surface area contributed by atoms with Crippen LogP contribution in [0.1, 0.15) is 5.56 Å². The Morgan fingerprint density at radius 1 is 1.47 bits per heavy atom. The van der Waals surface area contributed by atoms with Crippen LogP contribution in [0.4, 0.5) is 0 Å². The Kier molecular flexibility index (Phi) is 3.81. The fourth-order valence-electron chi connectivity index (χ4n) is 1.53. The number of aromatic nitrogens is 2. The maximum atomic E-state index is 5.70. The van der Waals surface area contributed by atoms with Crippen LogP contribution in [0.15, 0.2) is 35.1 Å². The summed E-state index contributed by atoms with van der Waals surface area (Å²) in [6.45, 7) is 0.648. The normalized spacial score (nSPS) is 10.5. The lowest BCUT2D eigenvalue weighted by Crippen LogP contribution is -2.02. The average Bonchev–Trinajstić information content (AvgIpc) is 2.69. The molecule has 0 radical (unpaired) electrons. The molecule has 0 saturated carbocycles. The van der Waals surface area contributed by atoms with E-state index in [2.05, 4.69) is 21.0 Å². The zero-order valence-corrected chi connectivity index (χ0v) is 11.1. The molecule has 0 aliphatic heterocycles. The molecule has 0 spiro atoms. The van der Waals surface area contributed by atoms with Crippen LogP contribution in [-0.4, -0.2) is 16.3 Å². The largest absolute Gasteiger partial charge is 0.453 e. The van der Waals surface area contributed by atoms with Crippen molar-refractivity contribution in [2.24, 2.45) is 12.8 Å². The van der Waals surface area contributed by atoms with Crippen molar-refractivity contribution in [1.82, 2.24) is 9.78 Å². The minimum atomic E-state index is 0.648. The van der Waals surface area contributed by atoms with Gasteiger partial charge in [-0.2, -0.15) is 5.10 Å². The van der Waals surface area contributed by atoms with Crippen molar-refractivity contribution >= 4 is 15.9 Å². The van der Waals surface area contributed by atoms with E-state index < -0.39 is 0 Å². The van der Waals surface area contributed by atoms with Crippen LogP contribution in [0, 0.1) is 0 Å². The Bertz CT molecular complexity index is 510. The van der Waals surface area contributed by atoms with Gasteiger partial charge in [-0.15, -0.1) is 0 Å². The van der Waals surface area contributed by atoms with Gasteiger partial charge in [-0.25, -0.2) is 0 Å². The van der Waals surface area contributed by atoms with E-state index in [1.165, 1.54) is 5.56 Å². The fourth-order valence-corrected chi connectivity index (χ4v) is 2.03. The van der Waals surface area contributed by atoms with Crippen molar-refractivity contribution in [3.63, 3.8) is 0 Å². The van der Waals surface area contributed by atoms with Crippen LogP contribution >= 0.6 is 15.9 Å². The highest BCUT2D eigenvalue weighted by Crippen LogP contribution is 2.30. The first-order valence-electron chi connectivity index (χ1n) is 5.34. The maximum Gasteiger partial charge on any atom is 0.165 e. The first-order chi connectivity index (χ1) is 8.19. The van der Waals surface area contributed by atoms with Crippen LogP contribution in [-0.2, 0) is 13.5 Å². The number of halogens is 1. The predicted octanol–water partition coefficient (Wildman–Crippen LogP) is 2.48. The van der Waals surface area contributed by atoms with Crippen molar-refractivity contribution < 1.29 is 4.74 Å². The number of ether oxygens (including phenoxy) is 1. The van der Waals surface area contributed by atoms with Gasteiger partial charge in [0.1, 0.15) is 5.75 Å². The van der Waals surface area contributed by atoms with Crippen LogP contribution < -0.4 is 10.5 Å². The van der Waals surface area contributed by atoms with Gasteiger partial charge in [0.2, 0.25) is 0 Å². The Labute approximate surface area is 109 Å². The van der Waals surface area contributed by atoms with Crippen molar-refractivity contribution in [2.75, 3.05) is 6.54 Å². The molecule has 0 fully saturated rings. The number of benzene rings is 1. The molecule has 0 saturated heterocycles. The van der Waals surface area contributed by atoms with E-state index in [9.17, 15) is 0 Å². The molecule has 5 heteroatoms. The summed E-state index contributed by atoms with van der Waals surface area (Å²) in [6, 6.07) is 5.98.